The van der Waals surface area contributed by atoms with Crippen LogP contribution < -0.4 is 14.4 Å². The standard InChI is InChI=1S/C21H23NO5/c1-14-5-7-17-16(11-14)21(26-9-4-10-27-21)20(23)22(17)13-15-6-8-18(24-2)19(12-15)25-3/h5-8,11-12H,4,9-10,13H2,1-3H3. The zero-order valence-electron chi connectivity index (χ0n) is 15.8. The second kappa shape index (κ2) is 6.87. The fourth-order valence-electron chi connectivity index (χ4n) is 3.68. The molecule has 27 heavy (non-hydrogen) atoms. The number of amides is 1. The molecule has 0 unspecified atom stereocenters. The first-order valence-electron chi connectivity index (χ1n) is 9.01. The molecule has 2 heterocycles. The summed E-state index contributed by atoms with van der Waals surface area (Å²) in [6, 6.07) is 11.6. The topological polar surface area (TPSA) is 57.2 Å². The van der Waals surface area contributed by atoms with Gasteiger partial charge in [0.1, 0.15) is 0 Å². The highest BCUT2D eigenvalue weighted by Crippen LogP contribution is 2.46. The van der Waals surface area contributed by atoms with Crippen molar-refractivity contribution >= 4 is 11.6 Å². The molecule has 6 heteroatoms. The third-order valence-corrected chi connectivity index (χ3v) is 5.01. The van der Waals surface area contributed by atoms with E-state index in [0.717, 1.165) is 28.8 Å². The summed E-state index contributed by atoms with van der Waals surface area (Å²) in [5.74, 6) is -0.223. The number of carbonyl (C=O) groups is 1. The van der Waals surface area contributed by atoms with Gasteiger partial charge in [0.05, 0.1) is 39.7 Å². The number of anilines is 1. The van der Waals surface area contributed by atoms with E-state index in [1.54, 1.807) is 19.1 Å². The van der Waals surface area contributed by atoms with E-state index in [1.165, 1.54) is 0 Å². The van der Waals surface area contributed by atoms with Gasteiger partial charge in [0.2, 0.25) is 0 Å². The van der Waals surface area contributed by atoms with Gasteiger partial charge in [-0.05, 0) is 43.2 Å². The minimum Gasteiger partial charge on any atom is -0.493 e. The molecular weight excluding hydrogens is 346 g/mol. The van der Waals surface area contributed by atoms with Crippen LogP contribution in [-0.2, 0) is 26.6 Å². The minimum atomic E-state index is -1.32. The van der Waals surface area contributed by atoms with E-state index < -0.39 is 5.79 Å². The molecule has 0 atom stereocenters. The van der Waals surface area contributed by atoms with Crippen molar-refractivity contribution in [3.05, 3.63) is 53.1 Å². The van der Waals surface area contributed by atoms with Crippen LogP contribution in [0.5, 0.6) is 11.5 Å². The number of aryl methyl sites for hydroxylation is 1. The van der Waals surface area contributed by atoms with Crippen LogP contribution in [0.1, 0.15) is 23.1 Å². The number of hydrogen-bond donors (Lipinski definition) is 0. The van der Waals surface area contributed by atoms with Crippen LogP contribution in [0.15, 0.2) is 36.4 Å². The normalized spacial score (nSPS) is 17.9. The Morgan fingerprint density at radius 1 is 1.04 bits per heavy atom. The highest BCUT2D eigenvalue weighted by Gasteiger charge is 2.54. The van der Waals surface area contributed by atoms with E-state index in [9.17, 15) is 4.79 Å². The van der Waals surface area contributed by atoms with Gasteiger partial charge in [-0.3, -0.25) is 4.79 Å². The number of hydrogen-bond acceptors (Lipinski definition) is 5. The number of rotatable bonds is 4. The number of nitrogens with zero attached hydrogens (tertiary/aromatic N) is 1. The quantitative estimate of drug-likeness (QED) is 0.829. The summed E-state index contributed by atoms with van der Waals surface area (Å²) < 4.78 is 22.5. The number of fused-ring (bicyclic) bond motifs is 2. The summed E-state index contributed by atoms with van der Waals surface area (Å²) in [7, 11) is 3.20. The molecular formula is C21H23NO5. The zero-order valence-corrected chi connectivity index (χ0v) is 15.8. The van der Waals surface area contributed by atoms with Crippen molar-refractivity contribution in [3.63, 3.8) is 0 Å². The monoisotopic (exact) mass is 369 g/mol. The average Bonchev–Trinajstić information content (AvgIpc) is 2.91. The summed E-state index contributed by atoms with van der Waals surface area (Å²) in [5, 5.41) is 0. The summed E-state index contributed by atoms with van der Waals surface area (Å²) in [6.07, 6.45) is 0.784. The fraction of sp³-hybridized carbons (Fsp3) is 0.381. The van der Waals surface area contributed by atoms with Gasteiger partial charge in [0.15, 0.2) is 11.5 Å². The van der Waals surface area contributed by atoms with E-state index >= 15 is 0 Å². The second-order valence-corrected chi connectivity index (χ2v) is 6.77. The molecule has 2 aromatic carbocycles. The van der Waals surface area contributed by atoms with Crippen LogP contribution >= 0.6 is 0 Å². The van der Waals surface area contributed by atoms with E-state index in [2.05, 4.69) is 0 Å². The van der Waals surface area contributed by atoms with Crippen LogP contribution in [0.25, 0.3) is 0 Å². The number of benzene rings is 2. The number of carbonyl (C=O) groups excluding carboxylic acids is 1. The first kappa shape index (κ1) is 17.8. The maximum Gasteiger partial charge on any atom is 0.292 e. The molecule has 1 fully saturated rings. The highest BCUT2D eigenvalue weighted by atomic mass is 16.7. The van der Waals surface area contributed by atoms with Gasteiger partial charge >= 0.3 is 0 Å². The predicted octanol–water partition coefficient (Wildman–Crippen LogP) is 3.15. The Kier molecular flexibility index (Phi) is 4.53. The Morgan fingerprint density at radius 2 is 1.78 bits per heavy atom. The molecule has 1 amide bonds. The van der Waals surface area contributed by atoms with Gasteiger partial charge < -0.3 is 23.8 Å². The van der Waals surface area contributed by atoms with Crippen LogP contribution in [0, 0.1) is 6.92 Å². The number of ether oxygens (including phenoxy) is 4. The molecule has 4 rings (SSSR count). The predicted molar refractivity (Wildman–Crippen MR) is 100 cm³/mol. The van der Waals surface area contributed by atoms with Crippen molar-refractivity contribution in [2.24, 2.45) is 0 Å². The molecule has 2 aromatic rings. The molecule has 2 aliphatic heterocycles. The molecule has 142 valence electrons. The van der Waals surface area contributed by atoms with Crippen molar-refractivity contribution in [1.82, 2.24) is 0 Å². The molecule has 0 bridgehead atoms. The van der Waals surface area contributed by atoms with E-state index in [0.29, 0.717) is 31.3 Å². The zero-order chi connectivity index (χ0) is 19.0. The maximum absolute atomic E-state index is 13.4. The van der Waals surface area contributed by atoms with Crippen LogP contribution in [0.4, 0.5) is 5.69 Å². The highest BCUT2D eigenvalue weighted by molar-refractivity contribution is 6.06. The Bertz CT molecular complexity index is 873. The van der Waals surface area contributed by atoms with Crippen molar-refractivity contribution in [1.29, 1.82) is 0 Å². The minimum absolute atomic E-state index is 0.183. The molecule has 2 aliphatic rings. The maximum atomic E-state index is 13.4. The first-order chi connectivity index (χ1) is 13.1. The lowest BCUT2D eigenvalue weighted by Gasteiger charge is -2.32. The first-order valence-corrected chi connectivity index (χ1v) is 9.01. The van der Waals surface area contributed by atoms with E-state index in [-0.39, 0.29) is 5.91 Å². The van der Waals surface area contributed by atoms with Gasteiger partial charge in [-0.2, -0.15) is 0 Å². The van der Waals surface area contributed by atoms with Crippen molar-refractivity contribution < 1.29 is 23.7 Å². The van der Waals surface area contributed by atoms with Gasteiger partial charge in [-0.1, -0.05) is 17.7 Å². The SMILES string of the molecule is COc1ccc(CN2C(=O)C3(OCCCO3)c3cc(C)ccc32)cc1OC. The number of methoxy groups -OCH3 is 2. The van der Waals surface area contributed by atoms with Crippen molar-refractivity contribution in [2.75, 3.05) is 32.3 Å². The lowest BCUT2D eigenvalue weighted by Crippen LogP contribution is -2.47. The summed E-state index contributed by atoms with van der Waals surface area (Å²) in [5.41, 5.74) is 3.60. The van der Waals surface area contributed by atoms with Gasteiger partial charge in [-0.15, -0.1) is 0 Å². The van der Waals surface area contributed by atoms with Gasteiger partial charge in [0, 0.05) is 5.56 Å². The van der Waals surface area contributed by atoms with Crippen LogP contribution in [0.3, 0.4) is 0 Å². The Hall–Kier alpha value is -2.57. The Labute approximate surface area is 158 Å². The lowest BCUT2D eigenvalue weighted by atomic mass is 10.0. The molecule has 0 N–H and O–H groups in total. The van der Waals surface area contributed by atoms with Crippen LogP contribution in [0.2, 0.25) is 0 Å². The van der Waals surface area contributed by atoms with Gasteiger partial charge in [0.25, 0.3) is 11.7 Å². The summed E-state index contributed by atoms with van der Waals surface area (Å²) in [4.78, 5) is 15.1. The Balaban J connectivity index is 1.73. The molecule has 1 spiro atoms. The second-order valence-electron chi connectivity index (χ2n) is 6.77. The third kappa shape index (κ3) is 2.85. The molecule has 6 nitrogen and oxygen atoms in total. The fourth-order valence-corrected chi connectivity index (χ4v) is 3.68. The molecule has 0 aromatic heterocycles. The molecule has 0 radical (unpaired) electrons. The van der Waals surface area contributed by atoms with E-state index in [1.807, 2.05) is 43.3 Å². The van der Waals surface area contributed by atoms with Crippen molar-refractivity contribution in [2.45, 2.75) is 25.7 Å². The molecule has 1 saturated heterocycles. The summed E-state index contributed by atoms with van der Waals surface area (Å²) >= 11 is 0. The third-order valence-electron chi connectivity index (χ3n) is 5.01. The van der Waals surface area contributed by atoms with E-state index in [4.69, 9.17) is 18.9 Å². The molecule has 0 aliphatic carbocycles. The van der Waals surface area contributed by atoms with Crippen LogP contribution in [-0.4, -0.2) is 33.3 Å². The average molecular weight is 369 g/mol. The smallest absolute Gasteiger partial charge is 0.292 e. The lowest BCUT2D eigenvalue weighted by molar-refractivity contribution is -0.256. The van der Waals surface area contributed by atoms with Gasteiger partial charge in [-0.25, -0.2) is 0 Å². The Morgan fingerprint density at radius 3 is 2.48 bits per heavy atom. The van der Waals surface area contributed by atoms with Crippen molar-refractivity contribution in [3.8, 4) is 11.5 Å². The largest absolute Gasteiger partial charge is 0.493 e. The summed E-state index contributed by atoms with van der Waals surface area (Å²) in [6.45, 7) is 3.40. The molecule has 0 saturated carbocycles.